The summed E-state index contributed by atoms with van der Waals surface area (Å²) in [4.78, 5) is 3.88. The molecule has 0 aliphatic heterocycles. The molecule has 0 radical (unpaired) electrons. The lowest BCUT2D eigenvalue weighted by atomic mass is 10.4. The number of aromatic nitrogens is 1. The van der Waals surface area contributed by atoms with Crippen molar-refractivity contribution in [3.05, 3.63) is 18.1 Å². The smallest absolute Gasteiger partial charge is 0.257 e. The number of pyridine rings is 1. The summed E-state index contributed by atoms with van der Waals surface area (Å²) in [5.41, 5.74) is 0. The average Bonchev–Trinajstić information content (AvgIpc) is 2.93. The van der Waals surface area contributed by atoms with E-state index in [0.717, 1.165) is 19.0 Å². The molecule has 0 saturated heterocycles. The summed E-state index contributed by atoms with van der Waals surface area (Å²) in [6.45, 7) is 3.79. The summed E-state index contributed by atoms with van der Waals surface area (Å²) in [5.74, 6) is 0.381. The Balaban J connectivity index is 2.17. The Bertz CT molecular complexity index is 350. The van der Waals surface area contributed by atoms with Gasteiger partial charge < -0.3 is 9.47 Å². The van der Waals surface area contributed by atoms with Crippen molar-refractivity contribution in [2.24, 2.45) is 0 Å². The number of hydrogen-bond donors (Lipinski definition) is 0. The molecule has 1 aliphatic carbocycles. The first kappa shape index (κ1) is 10.2. The highest BCUT2D eigenvalue weighted by atomic mass is 19.1. The van der Waals surface area contributed by atoms with Crippen molar-refractivity contribution in [2.45, 2.75) is 38.9 Å². The molecular formula is C11H14FNO2. The Hall–Kier alpha value is -1.32. The molecule has 3 nitrogen and oxygen atoms in total. The third kappa shape index (κ3) is 2.81. The van der Waals surface area contributed by atoms with Crippen molar-refractivity contribution >= 4 is 0 Å². The summed E-state index contributed by atoms with van der Waals surface area (Å²) >= 11 is 0. The van der Waals surface area contributed by atoms with E-state index in [4.69, 9.17) is 9.47 Å². The molecule has 2 rings (SSSR count). The monoisotopic (exact) mass is 211 g/mol. The van der Waals surface area contributed by atoms with E-state index in [-0.39, 0.29) is 12.2 Å². The van der Waals surface area contributed by atoms with Gasteiger partial charge in [-0.1, -0.05) is 0 Å². The Labute approximate surface area is 88.2 Å². The summed E-state index contributed by atoms with van der Waals surface area (Å²) in [5, 5.41) is 0. The van der Waals surface area contributed by atoms with Crippen LogP contribution in [0.2, 0.25) is 0 Å². The van der Waals surface area contributed by atoms with Crippen LogP contribution in [0.25, 0.3) is 0 Å². The van der Waals surface area contributed by atoms with Gasteiger partial charge in [-0.15, -0.1) is 0 Å². The second-order valence-corrected chi connectivity index (χ2v) is 3.94. The molecule has 82 valence electrons. The molecule has 0 atom stereocenters. The minimum Gasteiger partial charge on any atom is -0.485 e. The van der Waals surface area contributed by atoms with Gasteiger partial charge in [0, 0.05) is 6.07 Å². The van der Waals surface area contributed by atoms with E-state index in [2.05, 4.69) is 4.98 Å². The van der Waals surface area contributed by atoms with E-state index in [9.17, 15) is 4.39 Å². The van der Waals surface area contributed by atoms with Crippen LogP contribution >= 0.6 is 0 Å². The van der Waals surface area contributed by atoms with Crippen LogP contribution in [-0.4, -0.2) is 17.2 Å². The van der Waals surface area contributed by atoms with Gasteiger partial charge in [0.05, 0.1) is 18.4 Å². The van der Waals surface area contributed by atoms with E-state index in [0.29, 0.717) is 11.6 Å². The van der Waals surface area contributed by atoms with Crippen LogP contribution in [0.4, 0.5) is 4.39 Å². The molecule has 1 heterocycles. The average molecular weight is 211 g/mol. The van der Waals surface area contributed by atoms with Gasteiger partial charge in [-0.25, -0.2) is 9.37 Å². The van der Waals surface area contributed by atoms with Crippen LogP contribution < -0.4 is 9.47 Å². The molecule has 0 amide bonds. The zero-order valence-corrected chi connectivity index (χ0v) is 8.87. The van der Waals surface area contributed by atoms with E-state index < -0.39 is 5.82 Å². The van der Waals surface area contributed by atoms with Crippen molar-refractivity contribution in [1.29, 1.82) is 0 Å². The minimum atomic E-state index is -0.401. The predicted octanol–water partition coefficient (Wildman–Crippen LogP) is 2.55. The molecule has 0 aromatic carbocycles. The minimum absolute atomic E-state index is 0.00418. The standard InChI is InChI=1S/C11H14FNO2/c1-7(2)14-11-10(15-9-3-4-9)5-8(12)6-13-11/h5-7,9H,3-4H2,1-2H3. The zero-order chi connectivity index (χ0) is 10.8. The fourth-order valence-electron chi connectivity index (χ4n) is 1.17. The van der Waals surface area contributed by atoms with Gasteiger partial charge in [-0.2, -0.15) is 0 Å². The molecule has 0 unspecified atom stereocenters. The Morgan fingerprint density at radius 2 is 2.20 bits per heavy atom. The molecular weight excluding hydrogens is 197 g/mol. The van der Waals surface area contributed by atoms with E-state index in [1.807, 2.05) is 13.8 Å². The first-order valence-electron chi connectivity index (χ1n) is 5.14. The van der Waals surface area contributed by atoms with Crippen molar-refractivity contribution in [1.82, 2.24) is 4.98 Å². The number of rotatable bonds is 4. The fourth-order valence-corrected chi connectivity index (χ4v) is 1.17. The number of ether oxygens (including phenoxy) is 2. The van der Waals surface area contributed by atoms with Gasteiger partial charge in [0.25, 0.3) is 5.88 Å². The topological polar surface area (TPSA) is 31.4 Å². The van der Waals surface area contributed by atoms with Gasteiger partial charge >= 0.3 is 0 Å². The largest absolute Gasteiger partial charge is 0.485 e. The van der Waals surface area contributed by atoms with E-state index in [1.165, 1.54) is 6.07 Å². The van der Waals surface area contributed by atoms with Gasteiger partial charge in [-0.3, -0.25) is 0 Å². The highest BCUT2D eigenvalue weighted by Crippen LogP contribution is 2.32. The molecule has 1 aromatic heterocycles. The molecule has 1 aliphatic rings. The lowest BCUT2D eigenvalue weighted by Crippen LogP contribution is -2.09. The molecule has 0 bridgehead atoms. The van der Waals surface area contributed by atoms with Crippen molar-refractivity contribution in [2.75, 3.05) is 0 Å². The summed E-state index contributed by atoms with van der Waals surface area (Å²) in [6, 6.07) is 1.32. The van der Waals surface area contributed by atoms with Crippen LogP contribution in [0.1, 0.15) is 26.7 Å². The summed E-state index contributed by atoms with van der Waals surface area (Å²) in [7, 11) is 0. The quantitative estimate of drug-likeness (QED) is 0.767. The number of hydrogen-bond acceptors (Lipinski definition) is 3. The lowest BCUT2D eigenvalue weighted by molar-refractivity contribution is 0.207. The normalized spacial score (nSPS) is 15.5. The van der Waals surface area contributed by atoms with Crippen LogP contribution in [0.5, 0.6) is 11.6 Å². The molecule has 1 aromatic rings. The molecule has 1 saturated carbocycles. The van der Waals surface area contributed by atoms with Crippen molar-refractivity contribution < 1.29 is 13.9 Å². The maximum Gasteiger partial charge on any atom is 0.257 e. The fraction of sp³-hybridized carbons (Fsp3) is 0.545. The Morgan fingerprint density at radius 1 is 1.47 bits per heavy atom. The maximum absolute atomic E-state index is 13.0. The predicted molar refractivity (Wildman–Crippen MR) is 53.6 cm³/mol. The van der Waals surface area contributed by atoms with Crippen molar-refractivity contribution in [3.63, 3.8) is 0 Å². The van der Waals surface area contributed by atoms with Gasteiger partial charge in [0.1, 0.15) is 5.82 Å². The summed E-state index contributed by atoms with van der Waals surface area (Å²) < 4.78 is 23.9. The molecule has 1 fully saturated rings. The highest BCUT2D eigenvalue weighted by molar-refractivity contribution is 5.33. The SMILES string of the molecule is CC(C)Oc1ncc(F)cc1OC1CC1. The van der Waals surface area contributed by atoms with Crippen LogP contribution in [0.3, 0.4) is 0 Å². The Kier molecular flexibility index (Phi) is 2.75. The third-order valence-corrected chi connectivity index (χ3v) is 1.95. The van der Waals surface area contributed by atoms with E-state index >= 15 is 0 Å². The van der Waals surface area contributed by atoms with Gasteiger partial charge in [-0.05, 0) is 26.7 Å². The molecule has 15 heavy (non-hydrogen) atoms. The molecule has 4 heteroatoms. The van der Waals surface area contributed by atoms with Crippen LogP contribution in [0, 0.1) is 5.82 Å². The first-order valence-corrected chi connectivity index (χ1v) is 5.14. The molecule has 0 spiro atoms. The number of halogens is 1. The zero-order valence-electron chi connectivity index (χ0n) is 8.87. The third-order valence-electron chi connectivity index (χ3n) is 1.95. The second kappa shape index (κ2) is 4.04. The van der Waals surface area contributed by atoms with Gasteiger partial charge in [0.15, 0.2) is 5.75 Å². The van der Waals surface area contributed by atoms with Crippen LogP contribution in [-0.2, 0) is 0 Å². The second-order valence-electron chi connectivity index (χ2n) is 3.94. The first-order chi connectivity index (χ1) is 7.15. The van der Waals surface area contributed by atoms with Gasteiger partial charge in [0.2, 0.25) is 0 Å². The van der Waals surface area contributed by atoms with Crippen molar-refractivity contribution in [3.8, 4) is 11.6 Å². The highest BCUT2D eigenvalue weighted by Gasteiger charge is 2.25. The molecule has 0 N–H and O–H groups in total. The maximum atomic E-state index is 13.0. The van der Waals surface area contributed by atoms with Crippen LogP contribution in [0.15, 0.2) is 12.3 Å². The summed E-state index contributed by atoms with van der Waals surface area (Å²) in [6.07, 6.45) is 3.40. The van der Waals surface area contributed by atoms with E-state index in [1.54, 1.807) is 0 Å². The number of nitrogens with zero attached hydrogens (tertiary/aromatic N) is 1. The lowest BCUT2D eigenvalue weighted by Gasteiger charge is -2.13. The Morgan fingerprint density at radius 3 is 2.80 bits per heavy atom.